The maximum atomic E-state index is 6.06. The molecule has 2 heteroatoms. The van der Waals surface area contributed by atoms with Crippen molar-refractivity contribution in [3.63, 3.8) is 0 Å². The second-order valence-electron chi connectivity index (χ2n) is 7.43. The number of hydrogen-bond donors (Lipinski definition) is 0. The summed E-state index contributed by atoms with van der Waals surface area (Å²) in [6.07, 6.45) is 13.0. The van der Waals surface area contributed by atoms with Crippen LogP contribution in [0.25, 0.3) is 0 Å². The Kier molecular flexibility index (Phi) is 7.20. The molecule has 19 heavy (non-hydrogen) atoms. The molecule has 1 unspecified atom stereocenters. The minimum atomic E-state index is -0.924. The highest BCUT2D eigenvalue weighted by Crippen LogP contribution is 2.35. The molecule has 0 aliphatic heterocycles. The predicted octanol–water partition coefficient (Wildman–Crippen LogP) is 5.67. The molecule has 0 saturated heterocycles. The van der Waals surface area contributed by atoms with Crippen LogP contribution in [0.15, 0.2) is 11.8 Å². The third kappa shape index (κ3) is 7.19. The molecule has 0 aromatic heterocycles. The highest BCUT2D eigenvalue weighted by molar-refractivity contribution is 6.48. The van der Waals surface area contributed by atoms with Crippen molar-refractivity contribution in [2.24, 2.45) is 11.3 Å². The van der Waals surface area contributed by atoms with Crippen molar-refractivity contribution in [3.8, 4) is 0 Å². The third-order valence-electron chi connectivity index (χ3n) is 4.22. The van der Waals surface area contributed by atoms with Crippen molar-refractivity contribution in [1.82, 2.24) is 0 Å². The molecule has 0 heterocycles. The molecule has 1 atom stereocenters. The van der Waals surface area contributed by atoms with E-state index in [4.69, 9.17) is 4.43 Å². The van der Waals surface area contributed by atoms with Gasteiger partial charge in [0.15, 0.2) is 0 Å². The van der Waals surface area contributed by atoms with Gasteiger partial charge in [-0.2, -0.15) is 0 Å². The van der Waals surface area contributed by atoms with Gasteiger partial charge in [0.2, 0.25) is 9.04 Å². The highest BCUT2D eigenvalue weighted by Gasteiger charge is 2.23. The minimum Gasteiger partial charge on any atom is -0.550 e. The lowest BCUT2D eigenvalue weighted by Gasteiger charge is -2.31. The van der Waals surface area contributed by atoms with Gasteiger partial charge in [-0.3, -0.25) is 0 Å². The Labute approximate surface area is 122 Å². The van der Waals surface area contributed by atoms with Crippen LogP contribution in [-0.2, 0) is 4.43 Å². The van der Waals surface area contributed by atoms with E-state index >= 15 is 0 Å². The Morgan fingerprint density at radius 3 is 2.37 bits per heavy atom. The van der Waals surface area contributed by atoms with Gasteiger partial charge in [-0.25, -0.2) is 0 Å². The standard InChI is InChI=1S/C17H34OSi/c1-17(2,3)15-11-7-6-8-13-16(18-19(4)5)14-10-9-12-15/h14-15,19H,6-13H2,1-5H3. The topological polar surface area (TPSA) is 9.23 Å². The summed E-state index contributed by atoms with van der Waals surface area (Å²) < 4.78 is 6.06. The Bertz CT molecular complexity index is 275. The van der Waals surface area contributed by atoms with Crippen molar-refractivity contribution >= 4 is 9.04 Å². The van der Waals surface area contributed by atoms with E-state index in [9.17, 15) is 0 Å². The van der Waals surface area contributed by atoms with Crippen molar-refractivity contribution < 1.29 is 4.43 Å². The second-order valence-corrected chi connectivity index (χ2v) is 9.76. The largest absolute Gasteiger partial charge is 0.550 e. The van der Waals surface area contributed by atoms with E-state index in [-0.39, 0.29) is 0 Å². The lowest BCUT2D eigenvalue weighted by molar-refractivity contribution is 0.203. The summed E-state index contributed by atoms with van der Waals surface area (Å²) >= 11 is 0. The molecule has 0 saturated carbocycles. The van der Waals surface area contributed by atoms with Crippen LogP contribution in [0.1, 0.15) is 72.1 Å². The summed E-state index contributed by atoms with van der Waals surface area (Å²) in [5.41, 5.74) is 0.474. The van der Waals surface area contributed by atoms with Gasteiger partial charge in [-0.15, -0.1) is 0 Å². The van der Waals surface area contributed by atoms with Gasteiger partial charge in [-0.05, 0) is 62.6 Å². The predicted molar refractivity (Wildman–Crippen MR) is 87.9 cm³/mol. The lowest BCUT2D eigenvalue weighted by Crippen LogP contribution is -2.20. The zero-order valence-corrected chi connectivity index (χ0v) is 15.0. The first-order chi connectivity index (χ1) is 8.89. The normalized spacial score (nSPS) is 23.7. The van der Waals surface area contributed by atoms with E-state index in [2.05, 4.69) is 39.9 Å². The Morgan fingerprint density at radius 2 is 1.74 bits per heavy atom. The van der Waals surface area contributed by atoms with E-state index in [1.807, 2.05) is 0 Å². The summed E-state index contributed by atoms with van der Waals surface area (Å²) in [4.78, 5) is 0. The SMILES string of the molecule is C[SiH](C)OC1=CCCCC(C(C)(C)C)CCCCC1. The smallest absolute Gasteiger partial charge is 0.229 e. The van der Waals surface area contributed by atoms with Crippen molar-refractivity contribution in [1.29, 1.82) is 0 Å². The number of hydrogen-bond acceptors (Lipinski definition) is 1. The first-order valence-corrected chi connectivity index (χ1v) is 11.0. The first kappa shape index (κ1) is 16.8. The summed E-state index contributed by atoms with van der Waals surface area (Å²) in [6, 6.07) is 0. The quantitative estimate of drug-likeness (QED) is 0.593. The van der Waals surface area contributed by atoms with Crippen molar-refractivity contribution in [2.45, 2.75) is 85.2 Å². The molecule has 1 aliphatic rings. The fraction of sp³-hybridized carbons (Fsp3) is 0.882. The molecule has 0 fully saturated rings. The maximum absolute atomic E-state index is 6.06. The molecule has 1 rings (SSSR count). The monoisotopic (exact) mass is 282 g/mol. The molecule has 0 radical (unpaired) electrons. The second kappa shape index (κ2) is 8.14. The zero-order chi connectivity index (χ0) is 14.3. The van der Waals surface area contributed by atoms with Gasteiger partial charge in [0, 0.05) is 6.42 Å². The molecule has 0 spiro atoms. The average molecular weight is 283 g/mol. The minimum absolute atomic E-state index is 0.474. The summed E-state index contributed by atoms with van der Waals surface area (Å²) in [5, 5.41) is 0. The van der Waals surface area contributed by atoms with Gasteiger partial charge in [-0.1, -0.05) is 33.6 Å². The van der Waals surface area contributed by atoms with Crippen LogP contribution in [-0.4, -0.2) is 9.04 Å². The van der Waals surface area contributed by atoms with Crippen LogP contribution in [0.3, 0.4) is 0 Å². The molecule has 1 aliphatic carbocycles. The third-order valence-corrected chi connectivity index (χ3v) is 4.99. The van der Waals surface area contributed by atoms with Crippen LogP contribution in [0.2, 0.25) is 13.1 Å². The fourth-order valence-corrected chi connectivity index (χ4v) is 3.84. The van der Waals surface area contributed by atoms with E-state index in [0.29, 0.717) is 5.41 Å². The van der Waals surface area contributed by atoms with Crippen LogP contribution in [0.4, 0.5) is 0 Å². The Morgan fingerprint density at radius 1 is 1.05 bits per heavy atom. The number of allylic oxidation sites excluding steroid dienone is 2. The van der Waals surface area contributed by atoms with Gasteiger partial charge in [0.25, 0.3) is 0 Å². The molecular weight excluding hydrogens is 248 g/mol. The molecular formula is C17H34OSi. The van der Waals surface area contributed by atoms with Crippen LogP contribution < -0.4 is 0 Å². The molecule has 0 N–H and O–H groups in total. The molecule has 0 bridgehead atoms. The summed E-state index contributed by atoms with van der Waals surface area (Å²) in [5.74, 6) is 2.19. The van der Waals surface area contributed by atoms with E-state index in [0.717, 1.165) is 5.92 Å². The zero-order valence-electron chi connectivity index (χ0n) is 13.8. The molecule has 0 aromatic rings. The molecule has 0 aromatic carbocycles. The van der Waals surface area contributed by atoms with Crippen LogP contribution in [0, 0.1) is 11.3 Å². The molecule has 1 nitrogen and oxygen atoms in total. The van der Waals surface area contributed by atoms with Gasteiger partial charge < -0.3 is 4.43 Å². The molecule has 112 valence electrons. The summed E-state index contributed by atoms with van der Waals surface area (Å²) in [7, 11) is -0.924. The van der Waals surface area contributed by atoms with Crippen molar-refractivity contribution in [3.05, 3.63) is 11.8 Å². The van der Waals surface area contributed by atoms with Gasteiger partial charge >= 0.3 is 0 Å². The Balaban J connectivity index is 2.55. The first-order valence-electron chi connectivity index (χ1n) is 8.25. The Hall–Kier alpha value is -0.243. The van der Waals surface area contributed by atoms with E-state index in [1.54, 1.807) is 0 Å². The highest BCUT2D eigenvalue weighted by atomic mass is 28.3. The van der Waals surface area contributed by atoms with E-state index < -0.39 is 9.04 Å². The van der Waals surface area contributed by atoms with Gasteiger partial charge in [0.05, 0.1) is 5.76 Å². The van der Waals surface area contributed by atoms with Crippen LogP contribution >= 0.6 is 0 Å². The lowest BCUT2D eigenvalue weighted by atomic mass is 9.75. The maximum Gasteiger partial charge on any atom is 0.229 e. The summed E-state index contributed by atoms with van der Waals surface area (Å²) in [6.45, 7) is 11.8. The van der Waals surface area contributed by atoms with E-state index in [1.165, 1.54) is 57.1 Å². The van der Waals surface area contributed by atoms with Gasteiger partial charge in [0.1, 0.15) is 0 Å². The van der Waals surface area contributed by atoms with Crippen molar-refractivity contribution in [2.75, 3.05) is 0 Å². The van der Waals surface area contributed by atoms with Crippen LogP contribution in [0.5, 0.6) is 0 Å². The average Bonchev–Trinajstić information content (AvgIpc) is 2.32. The molecule has 0 amide bonds. The fourth-order valence-electron chi connectivity index (χ4n) is 3.02. The number of rotatable bonds is 2.